The molecule has 9 heteroatoms. The Labute approximate surface area is 79.9 Å². The zero-order valence-electron chi connectivity index (χ0n) is 5.78. The van der Waals surface area contributed by atoms with E-state index in [4.69, 9.17) is 24.2 Å². The lowest BCUT2D eigenvalue weighted by molar-refractivity contribution is -0.137. The lowest BCUT2D eigenvalue weighted by atomic mass is 10.4. The van der Waals surface area contributed by atoms with Gasteiger partial charge >= 0.3 is 5.97 Å². The van der Waals surface area contributed by atoms with Crippen LogP contribution in [0.25, 0.3) is 0 Å². The molecule has 0 aliphatic heterocycles. The third-order valence-corrected chi connectivity index (χ3v) is 0.907. The second kappa shape index (κ2) is 6.57. The summed E-state index contributed by atoms with van der Waals surface area (Å²) in [5.74, 6) is -0.815. The van der Waals surface area contributed by atoms with Crippen LogP contribution in [-0.2, 0) is 25.0 Å². The van der Waals surface area contributed by atoms with Crippen LogP contribution in [0.15, 0.2) is 0 Å². The monoisotopic (exact) mass is 235 g/mol. The molecule has 6 nitrogen and oxygen atoms in total. The number of carboxylic acids is 1. The molecule has 0 unspecified atom stereocenters. The van der Waals surface area contributed by atoms with Crippen molar-refractivity contribution in [3.05, 3.63) is 0 Å². The van der Waals surface area contributed by atoms with Crippen molar-refractivity contribution in [3.8, 4) is 0 Å². The summed E-state index contributed by atoms with van der Waals surface area (Å²) < 4.78 is 24.0. The zero-order valence-corrected chi connectivity index (χ0v) is 8.31. The van der Waals surface area contributed by atoms with Gasteiger partial charge in [-0.05, 0) is 0 Å². The van der Waals surface area contributed by atoms with Crippen molar-refractivity contribution < 1.29 is 23.2 Å². The molecule has 0 bridgehead atoms. The highest BCUT2D eigenvalue weighted by Crippen LogP contribution is 1.80. The molecule has 12 heavy (non-hydrogen) atoms. The normalized spacial score (nSPS) is 12.7. The molecule has 0 heterocycles. The summed E-state index contributed by atoms with van der Waals surface area (Å²) in [6.07, 6.45) is 0. The second-order valence-electron chi connectivity index (χ2n) is 1.58. The first-order valence-electron chi connectivity index (χ1n) is 2.47. The summed E-state index contributed by atoms with van der Waals surface area (Å²) >= 11 is 7.11. The first-order chi connectivity index (χ1) is 5.18. The van der Waals surface area contributed by atoms with Gasteiger partial charge in [-0.3, -0.25) is 13.9 Å². The number of thiol groups is 1. The Kier molecular flexibility index (Phi) is 7.99. The minimum atomic E-state index is -3.83. The van der Waals surface area contributed by atoms with Crippen LogP contribution in [0.2, 0.25) is 0 Å². The van der Waals surface area contributed by atoms with E-state index in [0.29, 0.717) is 0 Å². The highest BCUT2D eigenvalue weighted by molar-refractivity contribution is 8.26. The molecule has 0 aliphatic rings. The SMILES string of the molecule is N[C@@H](CS)C(=O)O.O=S(O)(O)=S. The number of hydrogen-bond acceptors (Lipinski definition) is 5. The molecular formula is C3H9NO5S3. The standard InChI is InChI=1S/C3H7NO2S.H2O3S2/c4-2(1-7)3(5)6;1-5(2,3)4/h2,7H,1,4H2,(H,5,6);(H2,1,2,3,4)/t2-;/m0./s1. The van der Waals surface area contributed by atoms with Crippen LogP contribution in [0.1, 0.15) is 0 Å². The molecule has 0 spiro atoms. The van der Waals surface area contributed by atoms with Gasteiger partial charge in [0.2, 0.25) is 0 Å². The highest BCUT2D eigenvalue weighted by Gasteiger charge is 2.06. The molecule has 74 valence electrons. The lowest BCUT2D eigenvalue weighted by Crippen LogP contribution is -2.31. The number of carbonyl (C=O) groups is 1. The van der Waals surface area contributed by atoms with Gasteiger partial charge in [-0.25, -0.2) is 0 Å². The number of hydrogen-bond donors (Lipinski definition) is 5. The van der Waals surface area contributed by atoms with Crippen LogP contribution >= 0.6 is 12.6 Å². The van der Waals surface area contributed by atoms with Crippen molar-refractivity contribution in [2.75, 3.05) is 5.75 Å². The summed E-state index contributed by atoms with van der Waals surface area (Å²) in [5.41, 5.74) is 4.94. The van der Waals surface area contributed by atoms with Crippen molar-refractivity contribution in [2.24, 2.45) is 5.73 Å². The molecule has 0 aromatic carbocycles. The van der Waals surface area contributed by atoms with E-state index in [1.165, 1.54) is 0 Å². The van der Waals surface area contributed by atoms with Crippen LogP contribution in [0.4, 0.5) is 0 Å². The summed E-state index contributed by atoms with van der Waals surface area (Å²) in [6.45, 7) is 0. The van der Waals surface area contributed by atoms with E-state index in [-0.39, 0.29) is 5.75 Å². The lowest BCUT2D eigenvalue weighted by Gasteiger charge is -1.96. The summed E-state index contributed by atoms with van der Waals surface area (Å²) in [6, 6.07) is -0.816. The van der Waals surface area contributed by atoms with Gasteiger partial charge in [-0.2, -0.15) is 16.8 Å². The Balaban J connectivity index is 0. The fraction of sp³-hybridized carbons (Fsp3) is 0.667. The van der Waals surface area contributed by atoms with Gasteiger partial charge in [-0.15, -0.1) is 0 Å². The van der Waals surface area contributed by atoms with Gasteiger partial charge < -0.3 is 10.8 Å². The maximum atomic E-state index is 9.76. The van der Waals surface area contributed by atoms with Gasteiger partial charge in [0, 0.05) is 16.9 Å². The first-order valence-corrected chi connectivity index (χ1v) is 5.50. The number of rotatable bonds is 2. The van der Waals surface area contributed by atoms with Crippen molar-refractivity contribution in [1.82, 2.24) is 0 Å². The molecule has 0 fully saturated rings. The fourth-order valence-electron chi connectivity index (χ4n) is 0.0781. The second-order valence-corrected chi connectivity index (χ2v) is 4.14. The van der Waals surface area contributed by atoms with Gasteiger partial charge in [-0.1, -0.05) is 0 Å². The van der Waals surface area contributed by atoms with E-state index in [2.05, 4.69) is 23.8 Å². The average Bonchev–Trinajstić information content (AvgIpc) is 1.82. The molecule has 0 radical (unpaired) electrons. The van der Waals surface area contributed by atoms with Crippen molar-refractivity contribution in [1.29, 1.82) is 0 Å². The molecule has 1 atom stereocenters. The van der Waals surface area contributed by atoms with E-state index in [1.807, 2.05) is 0 Å². The number of nitrogens with two attached hydrogens (primary N) is 1. The maximum Gasteiger partial charge on any atom is 0.321 e. The predicted octanol–water partition coefficient (Wildman–Crippen LogP) is -0.993. The van der Waals surface area contributed by atoms with Gasteiger partial charge in [0.15, 0.2) is 0 Å². The topological polar surface area (TPSA) is 121 Å². The molecule has 5 N–H and O–H groups in total. The molecule has 0 rings (SSSR count). The first kappa shape index (κ1) is 14.6. The van der Waals surface area contributed by atoms with Gasteiger partial charge in [0.05, 0.1) is 0 Å². The minimum Gasteiger partial charge on any atom is -0.480 e. The Hall–Kier alpha value is 0.0700. The van der Waals surface area contributed by atoms with Crippen molar-refractivity contribution in [3.63, 3.8) is 0 Å². The summed E-state index contributed by atoms with van der Waals surface area (Å²) in [7, 11) is -3.83. The molecule has 0 saturated heterocycles. The smallest absolute Gasteiger partial charge is 0.321 e. The van der Waals surface area contributed by atoms with Gasteiger partial charge in [0.25, 0.3) is 9.05 Å². The van der Waals surface area contributed by atoms with Crippen LogP contribution in [-0.4, -0.2) is 36.2 Å². The van der Waals surface area contributed by atoms with Gasteiger partial charge in [0.1, 0.15) is 6.04 Å². The van der Waals surface area contributed by atoms with E-state index in [9.17, 15) is 4.79 Å². The van der Waals surface area contributed by atoms with E-state index < -0.39 is 21.1 Å². The predicted molar refractivity (Wildman–Crippen MR) is 50.2 cm³/mol. The zero-order chi connectivity index (χ0) is 10.4. The molecule has 0 saturated carbocycles. The molecule has 0 aromatic heterocycles. The fourth-order valence-corrected chi connectivity index (χ4v) is 0.234. The number of aliphatic carboxylic acids is 1. The minimum absolute atomic E-state index is 0.190. The maximum absolute atomic E-state index is 9.76. The Morgan fingerprint density at radius 1 is 1.67 bits per heavy atom. The molecule has 0 aromatic rings. The van der Waals surface area contributed by atoms with E-state index in [0.717, 1.165) is 0 Å². The molecule has 0 aliphatic carbocycles. The van der Waals surface area contributed by atoms with Crippen LogP contribution in [0.3, 0.4) is 0 Å². The Morgan fingerprint density at radius 3 is 1.92 bits per heavy atom. The third-order valence-electron chi connectivity index (χ3n) is 0.514. The highest BCUT2D eigenvalue weighted by atomic mass is 32.9. The Morgan fingerprint density at radius 2 is 1.92 bits per heavy atom. The summed E-state index contributed by atoms with van der Waals surface area (Å²) in [4.78, 5) is 9.76. The van der Waals surface area contributed by atoms with Crippen LogP contribution in [0, 0.1) is 0 Å². The van der Waals surface area contributed by atoms with E-state index >= 15 is 0 Å². The molecular weight excluding hydrogens is 226 g/mol. The third kappa shape index (κ3) is 22.5. The quantitative estimate of drug-likeness (QED) is 0.389. The van der Waals surface area contributed by atoms with Crippen molar-refractivity contribution in [2.45, 2.75) is 6.04 Å². The average molecular weight is 235 g/mol. The van der Waals surface area contributed by atoms with Crippen LogP contribution in [0.5, 0.6) is 0 Å². The Bertz CT molecular complexity index is 216. The number of carboxylic acid groups (broad SMARTS) is 1. The largest absolute Gasteiger partial charge is 0.480 e. The van der Waals surface area contributed by atoms with Crippen LogP contribution < -0.4 is 5.73 Å². The van der Waals surface area contributed by atoms with Crippen molar-refractivity contribution >= 4 is 38.8 Å². The van der Waals surface area contributed by atoms with E-state index in [1.54, 1.807) is 0 Å². The molecule has 0 amide bonds. The summed E-state index contributed by atoms with van der Waals surface area (Å²) in [5, 5.41) is 8.01.